The Hall–Kier alpha value is -0.910. The molecule has 0 aromatic heterocycles. The van der Waals surface area contributed by atoms with Gasteiger partial charge in [-0.15, -0.1) is 0 Å². The van der Waals surface area contributed by atoms with Crippen molar-refractivity contribution in [2.24, 2.45) is 0 Å². The summed E-state index contributed by atoms with van der Waals surface area (Å²) in [6.07, 6.45) is 0. The summed E-state index contributed by atoms with van der Waals surface area (Å²) in [7, 11) is -1.75. The molecule has 0 aliphatic carbocycles. The van der Waals surface area contributed by atoms with E-state index in [1.807, 2.05) is 0 Å². The fourth-order valence-corrected chi connectivity index (χ4v) is 2.28. The fourth-order valence-electron chi connectivity index (χ4n) is 0.943. The third-order valence-electron chi connectivity index (χ3n) is 2.06. The summed E-state index contributed by atoms with van der Waals surface area (Å²) < 4.78 is 10.4. The number of carboxylic acid groups (broad SMARTS) is 1. The van der Waals surface area contributed by atoms with Gasteiger partial charge in [0.2, 0.25) is 5.91 Å². The van der Waals surface area contributed by atoms with Crippen molar-refractivity contribution in [3.8, 4) is 0 Å². The van der Waals surface area contributed by atoms with Crippen LogP contribution in [0.1, 0.15) is 27.7 Å². The second-order valence-electron chi connectivity index (χ2n) is 3.65. The Morgan fingerprint density at radius 1 is 1.47 bits per heavy atom. The number of aliphatic carboxylic acids is 1. The Labute approximate surface area is 91.7 Å². The standard InChI is InChI=1S/C9H17NO4S/c1-5-10-7(11)6(2)15(14)9(3,4)8(12)13/h6H,5H2,1-4H3,(H,10,11)(H,12,13). The largest absolute Gasteiger partial charge is 0.480 e. The molecule has 0 radical (unpaired) electrons. The van der Waals surface area contributed by atoms with Crippen molar-refractivity contribution in [1.29, 1.82) is 0 Å². The zero-order valence-electron chi connectivity index (χ0n) is 9.36. The van der Waals surface area contributed by atoms with Gasteiger partial charge < -0.3 is 10.4 Å². The van der Waals surface area contributed by atoms with E-state index in [-0.39, 0.29) is 5.91 Å². The van der Waals surface area contributed by atoms with Crippen LogP contribution in [0.2, 0.25) is 0 Å². The number of rotatable bonds is 5. The van der Waals surface area contributed by atoms with Gasteiger partial charge in [-0.3, -0.25) is 13.8 Å². The lowest BCUT2D eigenvalue weighted by atomic mass is 10.2. The van der Waals surface area contributed by atoms with Crippen LogP contribution in [0.3, 0.4) is 0 Å². The summed E-state index contributed by atoms with van der Waals surface area (Å²) in [6.45, 7) is 6.35. The first-order chi connectivity index (χ1) is 6.75. The number of hydrogen-bond acceptors (Lipinski definition) is 3. The van der Waals surface area contributed by atoms with Gasteiger partial charge in [0.25, 0.3) is 0 Å². The van der Waals surface area contributed by atoms with Crippen molar-refractivity contribution in [3.05, 3.63) is 0 Å². The molecule has 0 heterocycles. The molecule has 0 bridgehead atoms. The van der Waals surface area contributed by atoms with Crippen molar-refractivity contribution < 1.29 is 18.9 Å². The van der Waals surface area contributed by atoms with E-state index in [2.05, 4.69) is 5.32 Å². The predicted molar refractivity (Wildman–Crippen MR) is 58.0 cm³/mol. The molecule has 0 rings (SSSR count). The maximum Gasteiger partial charge on any atom is 0.321 e. The maximum atomic E-state index is 11.8. The Bertz CT molecular complexity index is 288. The van der Waals surface area contributed by atoms with Crippen molar-refractivity contribution >= 4 is 22.7 Å². The van der Waals surface area contributed by atoms with Gasteiger partial charge in [0.05, 0.1) is 10.8 Å². The van der Waals surface area contributed by atoms with E-state index < -0.39 is 26.8 Å². The van der Waals surface area contributed by atoms with Gasteiger partial charge in [-0.2, -0.15) is 0 Å². The number of hydrogen-bond donors (Lipinski definition) is 2. The molecule has 0 aliphatic heterocycles. The van der Waals surface area contributed by atoms with Gasteiger partial charge in [0, 0.05) is 6.54 Å². The summed E-state index contributed by atoms with van der Waals surface area (Å²) in [6, 6.07) is 0. The maximum absolute atomic E-state index is 11.8. The van der Waals surface area contributed by atoms with E-state index in [1.165, 1.54) is 20.8 Å². The van der Waals surface area contributed by atoms with Gasteiger partial charge >= 0.3 is 5.97 Å². The summed E-state index contributed by atoms with van der Waals surface area (Å²) in [5.41, 5.74) is 0. The van der Waals surface area contributed by atoms with E-state index in [0.29, 0.717) is 6.54 Å². The number of carbonyl (C=O) groups is 2. The molecule has 0 saturated heterocycles. The molecule has 88 valence electrons. The lowest BCUT2D eigenvalue weighted by molar-refractivity contribution is -0.139. The SMILES string of the molecule is CCNC(=O)C(C)S(=O)C(C)(C)C(=O)O. The van der Waals surface area contributed by atoms with E-state index in [9.17, 15) is 13.8 Å². The normalized spacial score (nSPS) is 15.5. The van der Waals surface area contributed by atoms with Crippen LogP contribution in [0.15, 0.2) is 0 Å². The Balaban J connectivity index is 4.72. The Morgan fingerprint density at radius 3 is 2.27 bits per heavy atom. The second kappa shape index (κ2) is 5.25. The first-order valence-corrected chi connectivity index (χ1v) is 5.88. The van der Waals surface area contributed by atoms with E-state index in [1.54, 1.807) is 6.92 Å². The smallest absolute Gasteiger partial charge is 0.321 e. The van der Waals surface area contributed by atoms with Crippen LogP contribution >= 0.6 is 0 Å². The average molecular weight is 235 g/mol. The van der Waals surface area contributed by atoms with Crippen LogP contribution in [0.25, 0.3) is 0 Å². The highest BCUT2D eigenvalue weighted by Gasteiger charge is 2.39. The molecular formula is C9H17NO4S. The Morgan fingerprint density at radius 2 is 1.93 bits per heavy atom. The molecule has 2 atom stereocenters. The van der Waals surface area contributed by atoms with Gasteiger partial charge in [-0.1, -0.05) is 0 Å². The van der Waals surface area contributed by atoms with Crippen LogP contribution in [0, 0.1) is 0 Å². The molecule has 0 aromatic rings. The monoisotopic (exact) mass is 235 g/mol. The highest BCUT2D eigenvalue weighted by atomic mass is 32.2. The van der Waals surface area contributed by atoms with Gasteiger partial charge in [0.15, 0.2) is 0 Å². The fraction of sp³-hybridized carbons (Fsp3) is 0.778. The number of carbonyl (C=O) groups excluding carboxylic acids is 1. The molecule has 5 nitrogen and oxygen atoms in total. The molecule has 0 saturated carbocycles. The third kappa shape index (κ3) is 3.30. The van der Waals surface area contributed by atoms with E-state index in [0.717, 1.165) is 0 Å². The summed E-state index contributed by atoms with van der Waals surface area (Å²) in [5.74, 6) is -1.55. The average Bonchev–Trinajstić information content (AvgIpc) is 2.15. The van der Waals surface area contributed by atoms with Gasteiger partial charge in [0.1, 0.15) is 10.00 Å². The minimum Gasteiger partial charge on any atom is -0.480 e. The lowest BCUT2D eigenvalue weighted by Crippen LogP contribution is -2.46. The highest BCUT2D eigenvalue weighted by Crippen LogP contribution is 2.17. The number of amides is 1. The van der Waals surface area contributed by atoms with E-state index >= 15 is 0 Å². The van der Waals surface area contributed by atoms with Crippen molar-refractivity contribution in [3.63, 3.8) is 0 Å². The van der Waals surface area contributed by atoms with Crippen LogP contribution in [0.4, 0.5) is 0 Å². The lowest BCUT2D eigenvalue weighted by Gasteiger charge is -2.22. The van der Waals surface area contributed by atoms with Crippen LogP contribution in [-0.2, 0) is 20.4 Å². The van der Waals surface area contributed by atoms with Crippen LogP contribution in [-0.4, -0.2) is 37.7 Å². The zero-order chi connectivity index (χ0) is 12.2. The van der Waals surface area contributed by atoms with Crippen LogP contribution in [0.5, 0.6) is 0 Å². The highest BCUT2D eigenvalue weighted by molar-refractivity contribution is 7.88. The molecule has 0 spiro atoms. The molecule has 15 heavy (non-hydrogen) atoms. The topological polar surface area (TPSA) is 83.5 Å². The van der Waals surface area contributed by atoms with Crippen molar-refractivity contribution in [1.82, 2.24) is 5.32 Å². The molecule has 0 aliphatic rings. The molecule has 1 amide bonds. The minimum absolute atomic E-state index is 0.384. The number of carboxylic acids is 1. The second-order valence-corrected chi connectivity index (χ2v) is 5.97. The van der Waals surface area contributed by atoms with E-state index in [4.69, 9.17) is 5.11 Å². The molecule has 0 aromatic carbocycles. The first-order valence-electron chi connectivity index (χ1n) is 4.67. The first kappa shape index (κ1) is 14.1. The van der Waals surface area contributed by atoms with Gasteiger partial charge in [-0.25, -0.2) is 0 Å². The molecule has 2 unspecified atom stereocenters. The Kier molecular flexibility index (Phi) is 4.93. The zero-order valence-corrected chi connectivity index (χ0v) is 10.2. The molecule has 2 N–H and O–H groups in total. The quantitative estimate of drug-likeness (QED) is 0.709. The predicted octanol–water partition coefficient (Wildman–Crippen LogP) is 0.123. The minimum atomic E-state index is -1.75. The van der Waals surface area contributed by atoms with Crippen molar-refractivity contribution in [2.45, 2.75) is 37.7 Å². The van der Waals surface area contributed by atoms with Gasteiger partial charge in [-0.05, 0) is 27.7 Å². The summed E-state index contributed by atoms with van der Waals surface area (Å²) in [5, 5.41) is 10.5. The molecule has 6 heteroatoms. The van der Waals surface area contributed by atoms with Crippen LogP contribution < -0.4 is 5.32 Å². The molecule has 0 fully saturated rings. The summed E-state index contributed by atoms with van der Waals surface area (Å²) in [4.78, 5) is 22.2. The molecular weight excluding hydrogens is 218 g/mol. The third-order valence-corrected chi connectivity index (χ3v) is 4.10. The van der Waals surface area contributed by atoms with Crippen molar-refractivity contribution in [2.75, 3.05) is 6.54 Å². The number of nitrogens with one attached hydrogen (secondary N) is 1. The summed E-state index contributed by atoms with van der Waals surface area (Å²) >= 11 is 0.